The van der Waals surface area contributed by atoms with Gasteiger partial charge in [0.2, 0.25) is 0 Å². The summed E-state index contributed by atoms with van der Waals surface area (Å²) in [5.74, 6) is 0. The summed E-state index contributed by atoms with van der Waals surface area (Å²) in [5, 5.41) is 17.9. The number of nitriles is 1. The molecule has 0 amide bonds. The van der Waals surface area contributed by atoms with Gasteiger partial charge in [-0.1, -0.05) is 0 Å². The van der Waals surface area contributed by atoms with Crippen molar-refractivity contribution in [1.29, 1.82) is 5.26 Å². The number of β-amino-alcohol motifs (C(OH)–C–C–N with tert-alkyl or cyclic N) is 1. The van der Waals surface area contributed by atoms with Crippen LogP contribution in [0.15, 0.2) is 0 Å². The van der Waals surface area contributed by atoms with Crippen LogP contribution in [0.3, 0.4) is 0 Å². The van der Waals surface area contributed by atoms with Crippen LogP contribution in [0, 0.1) is 11.3 Å². The standard InChI is InChI=1S/C11H20ClN3O/c1-11(2,16)9-15-5-3-14(4-6-15)8-10(12)7-13/h10,16H,3-6,8-9H2,1-2H3. The molecule has 1 rings (SSSR count). The molecule has 0 aromatic rings. The van der Waals surface area contributed by atoms with E-state index in [2.05, 4.69) is 9.80 Å². The highest BCUT2D eigenvalue weighted by Gasteiger charge is 2.23. The van der Waals surface area contributed by atoms with E-state index >= 15 is 0 Å². The van der Waals surface area contributed by atoms with Crippen molar-refractivity contribution in [2.24, 2.45) is 0 Å². The number of nitrogens with zero attached hydrogens (tertiary/aromatic N) is 3. The van der Waals surface area contributed by atoms with Crippen molar-refractivity contribution in [1.82, 2.24) is 9.80 Å². The van der Waals surface area contributed by atoms with E-state index in [9.17, 15) is 5.11 Å². The maximum atomic E-state index is 9.70. The second-order valence-electron chi connectivity index (χ2n) is 4.99. The lowest BCUT2D eigenvalue weighted by atomic mass is 10.1. The van der Waals surface area contributed by atoms with Gasteiger partial charge in [0, 0.05) is 39.3 Å². The molecule has 1 unspecified atom stereocenters. The molecule has 4 nitrogen and oxygen atoms in total. The Balaban J connectivity index is 2.27. The fourth-order valence-corrected chi connectivity index (χ4v) is 2.14. The van der Waals surface area contributed by atoms with Crippen LogP contribution in [0.2, 0.25) is 0 Å². The number of piperazine rings is 1. The predicted molar refractivity (Wildman–Crippen MR) is 64.4 cm³/mol. The van der Waals surface area contributed by atoms with Crippen LogP contribution in [0.1, 0.15) is 13.8 Å². The van der Waals surface area contributed by atoms with E-state index in [1.807, 2.05) is 19.9 Å². The molecule has 0 radical (unpaired) electrons. The van der Waals surface area contributed by atoms with Gasteiger partial charge in [0.1, 0.15) is 5.38 Å². The summed E-state index contributed by atoms with van der Waals surface area (Å²) in [4.78, 5) is 4.44. The van der Waals surface area contributed by atoms with Crippen molar-refractivity contribution >= 4 is 11.6 Å². The Morgan fingerprint density at radius 1 is 1.31 bits per heavy atom. The highest BCUT2D eigenvalue weighted by atomic mass is 35.5. The molecular weight excluding hydrogens is 226 g/mol. The van der Waals surface area contributed by atoms with Gasteiger partial charge in [-0.2, -0.15) is 5.26 Å². The molecule has 1 N–H and O–H groups in total. The summed E-state index contributed by atoms with van der Waals surface area (Å²) in [6, 6.07) is 2.03. The zero-order valence-electron chi connectivity index (χ0n) is 9.99. The summed E-state index contributed by atoms with van der Waals surface area (Å²) in [5.41, 5.74) is -0.635. The van der Waals surface area contributed by atoms with Crippen LogP contribution in [-0.4, -0.2) is 65.2 Å². The van der Waals surface area contributed by atoms with Gasteiger partial charge in [0.15, 0.2) is 0 Å². The second kappa shape index (κ2) is 5.83. The molecule has 1 fully saturated rings. The smallest absolute Gasteiger partial charge is 0.133 e. The van der Waals surface area contributed by atoms with E-state index in [4.69, 9.17) is 16.9 Å². The lowest BCUT2D eigenvalue weighted by Crippen LogP contribution is -2.51. The van der Waals surface area contributed by atoms with Crippen LogP contribution >= 0.6 is 11.6 Å². The first-order valence-electron chi connectivity index (χ1n) is 5.61. The van der Waals surface area contributed by atoms with Crippen molar-refractivity contribution in [3.8, 4) is 6.07 Å². The predicted octanol–water partition coefficient (Wildman–Crippen LogP) is 0.506. The minimum atomic E-state index is -0.635. The number of hydrogen-bond donors (Lipinski definition) is 1. The molecule has 0 saturated carbocycles. The average molecular weight is 246 g/mol. The molecule has 92 valence electrons. The maximum Gasteiger partial charge on any atom is 0.133 e. The molecule has 1 aliphatic heterocycles. The van der Waals surface area contributed by atoms with Crippen LogP contribution in [0.4, 0.5) is 0 Å². The fourth-order valence-electron chi connectivity index (χ4n) is 1.94. The number of hydrogen-bond acceptors (Lipinski definition) is 4. The first-order valence-corrected chi connectivity index (χ1v) is 6.05. The molecule has 1 saturated heterocycles. The molecule has 0 aliphatic carbocycles. The highest BCUT2D eigenvalue weighted by molar-refractivity contribution is 6.22. The summed E-state index contributed by atoms with van der Waals surface area (Å²) < 4.78 is 0. The third-order valence-electron chi connectivity index (χ3n) is 2.63. The van der Waals surface area contributed by atoms with Crippen molar-refractivity contribution in [2.45, 2.75) is 24.8 Å². The Bertz CT molecular complexity index is 251. The van der Waals surface area contributed by atoms with E-state index in [0.29, 0.717) is 13.1 Å². The maximum absolute atomic E-state index is 9.70. The highest BCUT2D eigenvalue weighted by Crippen LogP contribution is 2.09. The molecular formula is C11H20ClN3O. The van der Waals surface area contributed by atoms with E-state index in [1.165, 1.54) is 0 Å². The van der Waals surface area contributed by atoms with Gasteiger partial charge in [-0.25, -0.2) is 0 Å². The SMILES string of the molecule is CC(C)(O)CN1CCN(CC(Cl)C#N)CC1. The van der Waals surface area contributed by atoms with Gasteiger partial charge in [-0.05, 0) is 13.8 Å². The molecule has 16 heavy (non-hydrogen) atoms. The summed E-state index contributed by atoms with van der Waals surface area (Å²) in [6.07, 6.45) is 0. The number of alkyl halides is 1. The molecule has 1 heterocycles. The van der Waals surface area contributed by atoms with E-state index in [1.54, 1.807) is 0 Å². The van der Waals surface area contributed by atoms with Crippen LogP contribution in [-0.2, 0) is 0 Å². The third-order valence-corrected chi connectivity index (χ3v) is 2.87. The fraction of sp³-hybridized carbons (Fsp3) is 0.909. The molecule has 1 aliphatic rings. The van der Waals surface area contributed by atoms with Gasteiger partial charge < -0.3 is 5.11 Å². The first kappa shape index (κ1) is 13.7. The van der Waals surface area contributed by atoms with Crippen molar-refractivity contribution in [3.05, 3.63) is 0 Å². The summed E-state index contributed by atoms with van der Waals surface area (Å²) in [6.45, 7) is 8.67. The number of rotatable bonds is 4. The zero-order chi connectivity index (χ0) is 12.2. The molecule has 5 heteroatoms. The second-order valence-corrected chi connectivity index (χ2v) is 5.51. The van der Waals surface area contributed by atoms with Crippen molar-refractivity contribution in [2.75, 3.05) is 39.3 Å². The Labute approximate surface area is 102 Å². The van der Waals surface area contributed by atoms with E-state index < -0.39 is 11.0 Å². The van der Waals surface area contributed by atoms with Gasteiger partial charge >= 0.3 is 0 Å². The van der Waals surface area contributed by atoms with Gasteiger partial charge in [0.25, 0.3) is 0 Å². The Morgan fingerprint density at radius 3 is 2.25 bits per heavy atom. The third kappa shape index (κ3) is 5.13. The molecule has 0 aromatic carbocycles. The normalized spacial score (nSPS) is 21.7. The molecule has 0 bridgehead atoms. The van der Waals surface area contributed by atoms with Crippen LogP contribution < -0.4 is 0 Å². The zero-order valence-corrected chi connectivity index (χ0v) is 10.7. The molecule has 0 aromatic heterocycles. The quantitative estimate of drug-likeness (QED) is 0.734. The van der Waals surface area contributed by atoms with Gasteiger partial charge in [-0.15, -0.1) is 11.6 Å². The Morgan fingerprint density at radius 2 is 1.81 bits per heavy atom. The average Bonchev–Trinajstić information content (AvgIpc) is 2.18. The Kier molecular flexibility index (Phi) is 5.00. The van der Waals surface area contributed by atoms with Crippen molar-refractivity contribution < 1.29 is 5.11 Å². The Hall–Kier alpha value is -0.340. The summed E-state index contributed by atoms with van der Waals surface area (Å²) in [7, 11) is 0. The first-order chi connectivity index (χ1) is 7.40. The molecule has 0 spiro atoms. The largest absolute Gasteiger partial charge is 0.389 e. The van der Waals surface area contributed by atoms with Crippen molar-refractivity contribution in [3.63, 3.8) is 0 Å². The van der Waals surface area contributed by atoms with Crippen LogP contribution in [0.5, 0.6) is 0 Å². The topological polar surface area (TPSA) is 50.5 Å². The molecule has 1 atom stereocenters. The summed E-state index contributed by atoms with van der Waals surface area (Å²) >= 11 is 5.79. The number of halogens is 1. The minimum absolute atomic E-state index is 0.416. The van der Waals surface area contributed by atoms with Crippen LogP contribution in [0.25, 0.3) is 0 Å². The monoisotopic (exact) mass is 245 g/mol. The van der Waals surface area contributed by atoms with Gasteiger partial charge in [0.05, 0.1) is 11.7 Å². The lowest BCUT2D eigenvalue weighted by Gasteiger charge is -2.37. The minimum Gasteiger partial charge on any atom is -0.389 e. The number of aliphatic hydroxyl groups is 1. The van der Waals surface area contributed by atoms with Gasteiger partial charge in [-0.3, -0.25) is 9.80 Å². The lowest BCUT2D eigenvalue weighted by molar-refractivity contribution is 0.0182. The van der Waals surface area contributed by atoms with E-state index in [0.717, 1.165) is 26.2 Å². The van der Waals surface area contributed by atoms with E-state index in [-0.39, 0.29) is 0 Å².